The standard InChI is InChI=1S/C18H24N2O/c19-17(21)13-4-5-14-11-20-12-18(6-2-1-3-7-18)10-16(20)9-15(14)8-13/h4,8-9,14H,1-3,5-7,10-12H2,(H2,19,21). The lowest BCUT2D eigenvalue weighted by Crippen LogP contribution is -2.34. The molecular weight excluding hydrogens is 260 g/mol. The van der Waals surface area contributed by atoms with E-state index in [2.05, 4.69) is 11.0 Å². The Labute approximate surface area is 126 Å². The van der Waals surface area contributed by atoms with Gasteiger partial charge in [-0.2, -0.15) is 0 Å². The molecule has 1 unspecified atom stereocenters. The lowest BCUT2D eigenvalue weighted by molar-refractivity contribution is -0.114. The molecule has 1 saturated heterocycles. The van der Waals surface area contributed by atoms with Gasteiger partial charge in [0, 0.05) is 30.3 Å². The van der Waals surface area contributed by atoms with Gasteiger partial charge in [0.1, 0.15) is 0 Å². The second-order valence-corrected chi connectivity index (χ2v) is 7.35. The zero-order valence-corrected chi connectivity index (χ0v) is 12.6. The molecule has 1 amide bonds. The molecule has 0 bridgehead atoms. The average Bonchev–Trinajstić information content (AvgIpc) is 2.80. The number of hydrogen-bond donors (Lipinski definition) is 1. The van der Waals surface area contributed by atoms with Gasteiger partial charge in [-0.3, -0.25) is 4.79 Å². The first-order valence-corrected chi connectivity index (χ1v) is 8.32. The van der Waals surface area contributed by atoms with Crippen LogP contribution in [0, 0.1) is 11.3 Å². The molecule has 1 spiro atoms. The maximum Gasteiger partial charge on any atom is 0.248 e. The zero-order valence-electron chi connectivity index (χ0n) is 12.6. The summed E-state index contributed by atoms with van der Waals surface area (Å²) in [4.78, 5) is 14.0. The molecule has 3 nitrogen and oxygen atoms in total. The summed E-state index contributed by atoms with van der Waals surface area (Å²) in [6.07, 6.45) is 15.6. The summed E-state index contributed by atoms with van der Waals surface area (Å²) in [5.74, 6) is 0.257. The van der Waals surface area contributed by atoms with Crippen molar-refractivity contribution in [3.63, 3.8) is 0 Å². The summed E-state index contributed by atoms with van der Waals surface area (Å²) in [5, 5.41) is 0. The van der Waals surface area contributed by atoms with E-state index in [4.69, 9.17) is 5.73 Å². The fraction of sp³-hybridized carbons (Fsp3) is 0.611. The van der Waals surface area contributed by atoms with Gasteiger partial charge in [0.15, 0.2) is 0 Å². The van der Waals surface area contributed by atoms with Crippen molar-refractivity contribution in [1.29, 1.82) is 0 Å². The number of hydrogen-bond acceptors (Lipinski definition) is 2. The third kappa shape index (κ3) is 2.23. The van der Waals surface area contributed by atoms with Crippen LogP contribution in [0.3, 0.4) is 0 Å². The average molecular weight is 284 g/mol. The van der Waals surface area contributed by atoms with E-state index in [-0.39, 0.29) is 5.91 Å². The smallest absolute Gasteiger partial charge is 0.248 e. The molecule has 0 aromatic carbocycles. The van der Waals surface area contributed by atoms with Crippen molar-refractivity contribution in [3.8, 4) is 0 Å². The molecule has 3 heteroatoms. The summed E-state index contributed by atoms with van der Waals surface area (Å²) in [6.45, 7) is 2.39. The van der Waals surface area contributed by atoms with E-state index in [1.54, 1.807) is 0 Å². The molecular formula is C18H24N2O. The first-order chi connectivity index (χ1) is 10.2. The first-order valence-electron chi connectivity index (χ1n) is 8.32. The highest BCUT2D eigenvalue weighted by atomic mass is 16.1. The molecule has 2 N–H and O–H groups in total. The maximum absolute atomic E-state index is 11.4. The molecule has 112 valence electrons. The quantitative estimate of drug-likeness (QED) is 0.805. The molecule has 2 aliphatic heterocycles. The second-order valence-electron chi connectivity index (χ2n) is 7.35. The Morgan fingerprint density at radius 3 is 2.81 bits per heavy atom. The van der Waals surface area contributed by atoms with Gasteiger partial charge in [0.2, 0.25) is 5.91 Å². The number of carbonyl (C=O) groups excluding carboxylic acids is 1. The van der Waals surface area contributed by atoms with Gasteiger partial charge < -0.3 is 10.6 Å². The van der Waals surface area contributed by atoms with Crippen LogP contribution in [-0.4, -0.2) is 23.9 Å². The molecule has 2 aliphatic carbocycles. The van der Waals surface area contributed by atoms with Gasteiger partial charge in [-0.15, -0.1) is 0 Å². The summed E-state index contributed by atoms with van der Waals surface area (Å²) < 4.78 is 0. The molecule has 0 aromatic heterocycles. The van der Waals surface area contributed by atoms with E-state index >= 15 is 0 Å². The highest BCUT2D eigenvalue weighted by molar-refractivity contribution is 5.95. The minimum Gasteiger partial charge on any atom is -0.374 e. The number of nitrogens with zero attached hydrogens (tertiary/aromatic N) is 1. The Hall–Kier alpha value is -1.51. The summed E-state index contributed by atoms with van der Waals surface area (Å²) in [6, 6.07) is 0. The lowest BCUT2D eigenvalue weighted by atomic mass is 9.73. The molecule has 1 atom stereocenters. The van der Waals surface area contributed by atoms with E-state index in [0.29, 0.717) is 16.9 Å². The van der Waals surface area contributed by atoms with E-state index in [0.717, 1.165) is 13.0 Å². The number of amides is 1. The van der Waals surface area contributed by atoms with Crippen molar-refractivity contribution in [2.24, 2.45) is 17.1 Å². The van der Waals surface area contributed by atoms with Gasteiger partial charge in [0.05, 0.1) is 0 Å². The van der Waals surface area contributed by atoms with Crippen LogP contribution in [0.2, 0.25) is 0 Å². The number of allylic oxidation sites excluding steroid dienone is 3. The summed E-state index contributed by atoms with van der Waals surface area (Å²) in [5.41, 5.74) is 9.50. The Morgan fingerprint density at radius 1 is 1.24 bits per heavy atom. The van der Waals surface area contributed by atoms with Crippen LogP contribution in [0.5, 0.6) is 0 Å². The monoisotopic (exact) mass is 284 g/mol. The highest BCUT2D eigenvalue weighted by Crippen LogP contribution is 2.50. The van der Waals surface area contributed by atoms with E-state index in [1.807, 2.05) is 12.2 Å². The third-order valence-electron chi connectivity index (χ3n) is 5.88. The molecule has 2 heterocycles. The number of carbonyl (C=O) groups is 1. The summed E-state index contributed by atoms with van der Waals surface area (Å²) >= 11 is 0. The summed E-state index contributed by atoms with van der Waals surface area (Å²) in [7, 11) is 0. The van der Waals surface area contributed by atoms with Crippen molar-refractivity contribution in [1.82, 2.24) is 4.90 Å². The molecule has 21 heavy (non-hydrogen) atoms. The van der Waals surface area contributed by atoms with Crippen molar-refractivity contribution < 1.29 is 4.79 Å². The van der Waals surface area contributed by atoms with Crippen LogP contribution in [0.25, 0.3) is 0 Å². The first kappa shape index (κ1) is 13.2. The van der Waals surface area contributed by atoms with Crippen molar-refractivity contribution in [3.05, 3.63) is 35.1 Å². The fourth-order valence-electron chi connectivity index (χ4n) is 4.75. The number of rotatable bonds is 1. The topological polar surface area (TPSA) is 46.3 Å². The number of nitrogens with two attached hydrogens (primary N) is 1. The third-order valence-corrected chi connectivity index (χ3v) is 5.88. The SMILES string of the molecule is NC(=O)C1=CCC2CN3CC4(CCCCC4)CC3=CC2=C1. The fourth-order valence-corrected chi connectivity index (χ4v) is 4.75. The van der Waals surface area contributed by atoms with Crippen LogP contribution in [0.1, 0.15) is 44.9 Å². The number of primary amides is 1. The molecule has 4 aliphatic rings. The van der Waals surface area contributed by atoms with Crippen molar-refractivity contribution >= 4 is 5.91 Å². The van der Waals surface area contributed by atoms with Crippen LogP contribution in [0.15, 0.2) is 35.1 Å². The normalized spacial score (nSPS) is 30.2. The van der Waals surface area contributed by atoms with E-state index in [9.17, 15) is 4.79 Å². The zero-order chi connectivity index (χ0) is 14.4. The maximum atomic E-state index is 11.4. The largest absolute Gasteiger partial charge is 0.374 e. The van der Waals surface area contributed by atoms with Gasteiger partial charge in [-0.1, -0.05) is 25.3 Å². The van der Waals surface area contributed by atoms with Gasteiger partial charge in [-0.25, -0.2) is 0 Å². The second kappa shape index (κ2) is 4.75. The van der Waals surface area contributed by atoms with Gasteiger partial charge >= 0.3 is 0 Å². The van der Waals surface area contributed by atoms with Crippen LogP contribution < -0.4 is 5.73 Å². The molecule has 4 rings (SSSR count). The predicted molar refractivity (Wildman–Crippen MR) is 83.3 cm³/mol. The number of fused-ring (bicyclic) bond motifs is 2. The van der Waals surface area contributed by atoms with Crippen LogP contribution in [-0.2, 0) is 4.79 Å². The molecule has 0 aromatic rings. The van der Waals surface area contributed by atoms with Gasteiger partial charge in [0.25, 0.3) is 0 Å². The van der Waals surface area contributed by atoms with E-state index in [1.165, 1.54) is 56.3 Å². The minimum absolute atomic E-state index is 0.294. The van der Waals surface area contributed by atoms with Crippen molar-refractivity contribution in [2.75, 3.05) is 13.1 Å². The molecule has 0 radical (unpaired) electrons. The van der Waals surface area contributed by atoms with Crippen molar-refractivity contribution in [2.45, 2.75) is 44.9 Å². The Morgan fingerprint density at radius 2 is 2.05 bits per heavy atom. The Kier molecular flexibility index (Phi) is 2.98. The predicted octanol–water partition coefficient (Wildman–Crippen LogP) is 2.90. The van der Waals surface area contributed by atoms with Crippen LogP contribution in [0.4, 0.5) is 0 Å². The molecule has 1 saturated carbocycles. The Bertz CT molecular complexity index is 564. The minimum atomic E-state index is -0.294. The molecule has 2 fully saturated rings. The lowest BCUT2D eigenvalue weighted by Gasteiger charge is -2.35. The van der Waals surface area contributed by atoms with E-state index < -0.39 is 0 Å². The van der Waals surface area contributed by atoms with Gasteiger partial charge in [-0.05, 0) is 48.8 Å². The van der Waals surface area contributed by atoms with Crippen LogP contribution >= 0.6 is 0 Å². The highest BCUT2D eigenvalue weighted by Gasteiger charge is 2.43. The Balaban J connectivity index is 1.60.